The summed E-state index contributed by atoms with van der Waals surface area (Å²) in [4.78, 5) is 24.7. The van der Waals surface area contributed by atoms with Crippen LogP contribution in [0.5, 0.6) is 0 Å². The lowest BCUT2D eigenvalue weighted by Gasteiger charge is -2.51. The molecule has 4 saturated carbocycles. The predicted octanol–water partition coefficient (Wildman–Crippen LogP) is 2.79. The van der Waals surface area contributed by atoms with Gasteiger partial charge in [-0.05, 0) is 74.2 Å². The minimum Gasteiger partial charge on any atom is -0.294 e. The number of allylic oxidation sites excluding steroid dienone is 1. The summed E-state index contributed by atoms with van der Waals surface area (Å²) in [6.45, 7) is 5.16. The lowest BCUT2D eigenvalue weighted by atomic mass is 9.52. The molecule has 0 spiro atoms. The molecule has 0 saturated heterocycles. The molecule has 6 atom stereocenters. The van der Waals surface area contributed by atoms with E-state index in [-0.39, 0.29) is 16.9 Å². The number of ketones is 2. The molecule has 0 amide bonds. The van der Waals surface area contributed by atoms with E-state index in [1.54, 1.807) is 6.92 Å². The lowest BCUT2D eigenvalue weighted by Crippen LogP contribution is -2.49. The molecule has 4 rings (SSSR count). The quantitative estimate of drug-likeness (QED) is 0.485. The first-order chi connectivity index (χ1) is 9.43. The van der Waals surface area contributed by atoms with Gasteiger partial charge in [-0.3, -0.25) is 15.0 Å². The van der Waals surface area contributed by atoms with Crippen molar-refractivity contribution in [3.63, 3.8) is 0 Å². The number of carbonyl (C=O) groups excluding carboxylic acids is 2. The van der Waals surface area contributed by atoms with Gasteiger partial charge in [-0.1, -0.05) is 6.58 Å². The second kappa shape index (κ2) is 3.69. The molecule has 6 unspecified atom stereocenters. The number of carbonyl (C=O) groups is 2. The monoisotopic (exact) mass is 271 g/mol. The Balaban J connectivity index is 1.63. The van der Waals surface area contributed by atoms with Crippen molar-refractivity contribution in [2.24, 2.45) is 35.0 Å². The standard InChI is InChI=1S/C17H21NO2/c1-8(2)15(19)14(18)16(20)17-5-10-3-9-4-11(6-17)13(9)12(10)7-17/h9-13,18H,1,3-7H2,2H3. The number of Topliss-reactive ketones (excluding diaryl/α,β-unsaturated/α-hetero) is 2. The first-order valence-corrected chi connectivity index (χ1v) is 7.76. The number of rotatable bonds is 4. The molecule has 0 aliphatic heterocycles. The average Bonchev–Trinajstić information content (AvgIpc) is 2.82. The molecular formula is C17H21NO2. The predicted molar refractivity (Wildman–Crippen MR) is 75.5 cm³/mol. The molecule has 0 heterocycles. The maximum absolute atomic E-state index is 12.8. The molecule has 0 aromatic heterocycles. The molecule has 3 heteroatoms. The highest BCUT2D eigenvalue weighted by molar-refractivity contribution is 6.68. The van der Waals surface area contributed by atoms with Gasteiger partial charge in [0.2, 0.25) is 5.78 Å². The van der Waals surface area contributed by atoms with Gasteiger partial charge in [0, 0.05) is 5.41 Å². The van der Waals surface area contributed by atoms with E-state index in [0.717, 1.165) is 31.1 Å². The van der Waals surface area contributed by atoms with E-state index in [2.05, 4.69) is 6.58 Å². The van der Waals surface area contributed by atoms with E-state index in [9.17, 15) is 9.59 Å². The highest BCUT2D eigenvalue weighted by atomic mass is 16.2. The Labute approximate surface area is 119 Å². The SMILES string of the molecule is C=C(C)C(=O)C(=N)C(=O)C12CC3CC4CC(C1)C4C3C2. The van der Waals surface area contributed by atoms with Gasteiger partial charge in [-0.2, -0.15) is 0 Å². The third-order valence-corrected chi connectivity index (χ3v) is 6.66. The van der Waals surface area contributed by atoms with Crippen LogP contribution in [0.15, 0.2) is 12.2 Å². The van der Waals surface area contributed by atoms with Gasteiger partial charge in [0.05, 0.1) is 0 Å². The Morgan fingerprint density at radius 1 is 1.10 bits per heavy atom. The molecule has 4 aliphatic carbocycles. The second-order valence-electron chi connectivity index (χ2n) is 7.70. The molecule has 106 valence electrons. The van der Waals surface area contributed by atoms with Crippen LogP contribution < -0.4 is 0 Å². The van der Waals surface area contributed by atoms with Gasteiger partial charge >= 0.3 is 0 Å². The fourth-order valence-electron chi connectivity index (χ4n) is 6.04. The summed E-state index contributed by atoms with van der Waals surface area (Å²) in [5.41, 5.74) is -0.383. The highest BCUT2D eigenvalue weighted by Gasteiger charge is 2.67. The van der Waals surface area contributed by atoms with Crippen molar-refractivity contribution < 1.29 is 9.59 Å². The molecule has 0 radical (unpaired) electrons. The molecule has 0 aromatic rings. The maximum Gasteiger partial charge on any atom is 0.209 e. The maximum atomic E-state index is 12.8. The van der Waals surface area contributed by atoms with Crippen LogP contribution in [-0.2, 0) is 9.59 Å². The molecule has 2 bridgehead atoms. The van der Waals surface area contributed by atoms with Crippen molar-refractivity contribution in [3.8, 4) is 0 Å². The van der Waals surface area contributed by atoms with Gasteiger partial charge < -0.3 is 0 Å². The lowest BCUT2D eigenvalue weighted by molar-refractivity contribution is -0.129. The molecule has 20 heavy (non-hydrogen) atoms. The number of fused-ring (bicyclic) bond motifs is 1. The zero-order chi connectivity index (χ0) is 14.2. The number of hydrogen-bond acceptors (Lipinski definition) is 3. The van der Waals surface area contributed by atoms with Crippen molar-refractivity contribution in [2.45, 2.75) is 39.0 Å². The van der Waals surface area contributed by atoms with Crippen molar-refractivity contribution >= 4 is 17.3 Å². The second-order valence-corrected chi connectivity index (χ2v) is 7.70. The van der Waals surface area contributed by atoms with Gasteiger partial charge in [0.25, 0.3) is 0 Å². The van der Waals surface area contributed by atoms with Crippen LogP contribution >= 0.6 is 0 Å². The van der Waals surface area contributed by atoms with E-state index in [1.165, 1.54) is 12.8 Å². The van der Waals surface area contributed by atoms with E-state index in [0.29, 0.717) is 23.3 Å². The third-order valence-electron chi connectivity index (χ3n) is 6.66. The topological polar surface area (TPSA) is 58.0 Å². The molecule has 4 fully saturated rings. The molecule has 0 aromatic carbocycles. The van der Waals surface area contributed by atoms with E-state index >= 15 is 0 Å². The van der Waals surface area contributed by atoms with E-state index in [4.69, 9.17) is 5.41 Å². The summed E-state index contributed by atoms with van der Waals surface area (Å²) >= 11 is 0. The van der Waals surface area contributed by atoms with Crippen molar-refractivity contribution in [2.75, 3.05) is 0 Å². The Bertz CT molecular complexity index is 554. The zero-order valence-electron chi connectivity index (χ0n) is 11.9. The van der Waals surface area contributed by atoms with Gasteiger partial charge in [-0.25, -0.2) is 0 Å². The van der Waals surface area contributed by atoms with Crippen LogP contribution in [-0.4, -0.2) is 17.3 Å². The van der Waals surface area contributed by atoms with Crippen LogP contribution in [0.1, 0.15) is 39.0 Å². The summed E-state index contributed by atoms with van der Waals surface area (Å²) in [7, 11) is 0. The van der Waals surface area contributed by atoms with Crippen LogP contribution in [0, 0.1) is 40.4 Å². The zero-order valence-corrected chi connectivity index (χ0v) is 11.9. The number of hydrogen-bond donors (Lipinski definition) is 1. The smallest absolute Gasteiger partial charge is 0.209 e. The first-order valence-electron chi connectivity index (χ1n) is 7.76. The minimum absolute atomic E-state index is 0.179. The number of nitrogens with one attached hydrogen (secondary N) is 1. The summed E-state index contributed by atoms with van der Waals surface area (Å²) < 4.78 is 0. The van der Waals surface area contributed by atoms with Crippen molar-refractivity contribution in [1.29, 1.82) is 5.41 Å². The largest absolute Gasteiger partial charge is 0.294 e. The summed E-state index contributed by atoms with van der Waals surface area (Å²) in [5.74, 6) is 3.26. The van der Waals surface area contributed by atoms with Crippen LogP contribution in [0.2, 0.25) is 0 Å². The molecule has 3 nitrogen and oxygen atoms in total. The van der Waals surface area contributed by atoms with Crippen LogP contribution in [0.4, 0.5) is 0 Å². The van der Waals surface area contributed by atoms with Crippen LogP contribution in [0.25, 0.3) is 0 Å². The fraction of sp³-hybridized carbons (Fsp3) is 0.706. The normalized spacial score (nSPS) is 46.8. The van der Waals surface area contributed by atoms with E-state index < -0.39 is 5.78 Å². The Morgan fingerprint density at radius 3 is 2.45 bits per heavy atom. The first kappa shape index (κ1) is 12.5. The van der Waals surface area contributed by atoms with E-state index in [1.807, 2.05) is 0 Å². The van der Waals surface area contributed by atoms with Gasteiger partial charge in [-0.15, -0.1) is 0 Å². The minimum atomic E-state index is -0.463. The van der Waals surface area contributed by atoms with Gasteiger partial charge in [0.15, 0.2) is 5.78 Å². The van der Waals surface area contributed by atoms with Crippen LogP contribution in [0.3, 0.4) is 0 Å². The Hall–Kier alpha value is -1.25. The molecular weight excluding hydrogens is 250 g/mol. The van der Waals surface area contributed by atoms with Crippen molar-refractivity contribution in [1.82, 2.24) is 0 Å². The summed E-state index contributed by atoms with van der Waals surface area (Å²) in [6.07, 6.45) is 5.40. The highest BCUT2D eigenvalue weighted by Crippen LogP contribution is 2.72. The molecule has 4 aliphatic rings. The summed E-state index contributed by atoms with van der Waals surface area (Å²) in [6, 6.07) is 0. The average molecular weight is 271 g/mol. The van der Waals surface area contributed by atoms with Gasteiger partial charge in [0.1, 0.15) is 5.71 Å². The third kappa shape index (κ3) is 1.34. The van der Waals surface area contributed by atoms with Crippen molar-refractivity contribution in [3.05, 3.63) is 12.2 Å². The fourth-order valence-corrected chi connectivity index (χ4v) is 6.04. The summed E-state index contributed by atoms with van der Waals surface area (Å²) in [5, 5.41) is 7.97. The Kier molecular flexibility index (Phi) is 2.30. The molecule has 1 N–H and O–H groups in total. The Morgan fingerprint density at radius 2 is 1.75 bits per heavy atom.